The lowest BCUT2D eigenvalue weighted by Gasteiger charge is -2.14. The van der Waals surface area contributed by atoms with Gasteiger partial charge in [0, 0.05) is 18.0 Å². The molecule has 1 amide bonds. The van der Waals surface area contributed by atoms with E-state index in [9.17, 15) is 14.7 Å². The molecule has 2 rings (SSSR count). The molecule has 118 valence electrons. The summed E-state index contributed by atoms with van der Waals surface area (Å²) in [4.78, 5) is 23.6. The van der Waals surface area contributed by atoms with Crippen molar-refractivity contribution in [1.29, 1.82) is 0 Å². The third kappa shape index (κ3) is 3.44. The van der Waals surface area contributed by atoms with E-state index < -0.39 is 12.0 Å². The molecule has 1 atom stereocenters. The smallest absolute Gasteiger partial charge is 0.326 e. The largest absolute Gasteiger partial charge is 0.480 e. The van der Waals surface area contributed by atoms with Crippen LogP contribution in [-0.4, -0.2) is 39.6 Å². The number of aliphatic carboxylic acids is 1. The second-order valence-corrected chi connectivity index (χ2v) is 6.28. The summed E-state index contributed by atoms with van der Waals surface area (Å²) in [7, 11) is 1.81. The summed E-state index contributed by atoms with van der Waals surface area (Å²) in [5, 5.41) is 12.8. The van der Waals surface area contributed by atoms with Gasteiger partial charge in [-0.15, -0.1) is 0 Å². The second-order valence-electron chi connectivity index (χ2n) is 5.30. The number of aryl methyl sites for hydroxylation is 2. The predicted octanol–water partition coefficient (Wildman–Crippen LogP) is 2.42. The van der Waals surface area contributed by atoms with Crippen LogP contribution in [0.3, 0.4) is 0 Å². The maximum Gasteiger partial charge on any atom is 0.326 e. The standard InChI is InChI=1S/C16H20N2O3S/c1-10-4-5-13-11(8-10)9-14(18(13)2)15(19)17-12(16(20)21)6-7-22-3/h4-5,8-9,12H,6-7H2,1-3H3,(H,17,19)(H,20,21)/t12-/m0/s1. The Bertz CT molecular complexity index is 709. The number of carboxylic acids is 1. The highest BCUT2D eigenvalue weighted by Gasteiger charge is 2.22. The SMILES string of the molecule is CSCC[C@H](NC(=O)c1cc2cc(C)ccc2n1C)C(=O)O. The van der Waals surface area contributed by atoms with E-state index in [0.29, 0.717) is 17.9 Å². The molecule has 0 spiro atoms. The number of hydrogen-bond acceptors (Lipinski definition) is 3. The predicted molar refractivity (Wildman–Crippen MR) is 89.5 cm³/mol. The molecule has 1 aromatic heterocycles. The fourth-order valence-corrected chi connectivity index (χ4v) is 2.88. The van der Waals surface area contributed by atoms with Crippen LogP contribution in [0.1, 0.15) is 22.5 Å². The van der Waals surface area contributed by atoms with Crippen molar-refractivity contribution < 1.29 is 14.7 Å². The number of hydrogen-bond donors (Lipinski definition) is 2. The van der Waals surface area contributed by atoms with Crippen molar-refractivity contribution in [3.63, 3.8) is 0 Å². The summed E-state index contributed by atoms with van der Waals surface area (Å²) in [6, 6.07) is 6.89. The van der Waals surface area contributed by atoms with Gasteiger partial charge in [0.05, 0.1) is 0 Å². The van der Waals surface area contributed by atoms with Crippen LogP contribution >= 0.6 is 11.8 Å². The van der Waals surface area contributed by atoms with Crippen molar-refractivity contribution in [2.45, 2.75) is 19.4 Å². The van der Waals surface area contributed by atoms with Crippen molar-refractivity contribution in [2.24, 2.45) is 7.05 Å². The molecule has 1 heterocycles. The molecule has 0 fully saturated rings. The van der Waals surface area contributed by atoms with Gasteiger partial charge in [0.15, 0.2) is 0 Å². The van der Waals surface area contributed by atoms with Crippen LogP contribution in [0.25, 0.3) is 10.9 Å². The fraction of sp³-hybridized carbons (Fsp3) is 0.375. The lowest BCUT2D eigenvalue weighted by Crippen LogP contribution is -2.41. The van der Waals surface area contributed by atoms with E-state index in [-0.39, 0.29) is 5.91 Å². The topological polar surface area (TPSA) is 71.3 Å². The lowest BCUT2D eigenvalue weighted by atomic mass is 10.2. The zero-order valence-corrected chi connectivity index (χ0v) is 13.7. The Balaban J connectivity index is 2.25. The molecular formula is C16H20N2O3S. The number of fused-ring (bicyclic) bond motifs is 1. The Hall–Kier alpha value is -1.95. The van der Waals surface area contributed by atoms with E-state index in [1.807, 2.05) is 38.4 Å². The quantitative estimate of drug-likeness (QED) is 0.857. The van der Waals surface area contributed by atoms with Gasteiger partial charge in [-0.05, 0) is 43.6 Å². The molecule has 0 aliphatic rings. The Morgan fingerprint density at radius 2 is 2.09 bits per heavy atom. The highest BCUT2D eigenvalue weighted by molar-refractivity contribution is 7.98. The molecule has 0 bridgehead atoms. The average molecular weight is 320 g/mol. The number of carbonyl (C=O) groups is 2. The zero-order chi connectivity index (χ0) is 16.3. The van der Waals surface area contributed by atoms with Gasteiger partial charge in [0.1, 0.15) is 11.7 Å². The highest BCUT2D eigenvalue weighted by Crippen LogP contribution is 2.20. The maximum atomic E-state index is 12.4. The number of rotatable bonds is 6. The van der Waals surface area contributed by atoms with Gasteiger partial charge in [-0.1, -0.05) is 11.6 Å². The minimum atomic E-state index is -1.00. The highest BCUT2D eigenvalue weighted by atomic mass is 32.2. The number of aromatic nitrogens is 1. The van der Waals surface area contributed by atoms with E-state index in [1.54, 1.807) is 22.4 Å². The molecule has 0 aliphatic carbocycles. The number of thioether (sulfide) groups is 1. The number of benzene rings is 1. The Labute approximate surface area is 133 Å². The molecule has 0 saturated heterocycles. The van der Waals surface area contributed by atoms with Gasteiger partial charge >= 0.3 is 5.97 Å². The van der Waals surface area contributed by atoms with Crippen molar-refractivity contribution in [3.05, 3.63) is 35.5 Å². The molecule has 0 saturated carbocycles. The monoisotopic (exact) mass is 320 g/mol. The number of carboxylic acid groups (broad SMARTS) is 1. The van der Waals surface area contributed by atoms with Crippen LogP contribution in [0, 0.1) is 6.92 Å². The van der Waals surface area contributed by atoms with Crippen LogP contribution in [0.4, 0.5) is 0 Å². The van der Waals surface area contributed by atoms with Crippen LogP contribution < -0.4 is 5.32 Å². The first-order valence-electron chi connectivity index (χ1n) is 7.02. The molecule has 0 unspecified atom stereocenters. The maximum absolute atomic E-state index is 12.4. The Morgan fingerprint density at radius 3 is 2.73 bits per heavy atom. The summed E-state index contributed by atoms with van der Waals surface area (Å²) < 4.78 is 1.79. The van der Waals surface area contributed by atoms with Crippen molar-refractivity contribution in [2.75, 3.05) is 12.0 Å². The number of amides is 1. The van der Waals surface area contributed by atoms with Crippen molar-refractivity contribution in [1.82, 2.24) is 9.88 Å². The van der Waals surface area contributed by atoms with Gasteiger partial charge in [0.25, 0.3) is 5.91 Å². The van der Waals surface area contributed by atoms with Gasteiger partial charge in [-0.25, -0.2) is 4.79 Å². The average Bonchev–Trinajstić information content (AvgIpc) is 2.79. The molecular weight excluding hydrogens is 300 g/mol. The molecule has 22 heavy (non-hydrogen) atoms. The van der Waals surface area contributed by atoms with Crippen LogP contribution in [0.5, 0.6) is 0 Å². The summed E-state index contributed by atoms with van der Waals surface area (Å²) >= 11 is 1.56. The van der Waals surface area contributed by atoms with Gasteiger partial charge in [0.2, 0.25) is 0 Å². The minimum absolute atomic E-state index is 0.357. The van der Waals surface area contributed by atoms with Crippen LogP contribution in [0.2, 0.25) is 0 Å². The molecule has 2 aromatic rings. The second kappa shape index (κ2) is 6.87. The van der Waals surface area contributed by atoms with Crippen LogP contribution in [0.15, 0.2) is 24.3 Å². The molecule has 6 heteroatoms. The summed E-state index contributed by atoms with van der Waals surface area (Å²) in [6.07, 6.45) is 2.32. The lowest BCUT2D eigenvalue weighted by molar-refractivity contribution is -0.139. The Kier molecular flexibility index (Phi) is 5.13. The number of nitrogens with one attached hydrogen (secondary N) is 1. The number of carbonyl (C=O) groups excluding carboxylic acids is 1. The Morgan fingerprint density at radius 1 is 1.36 bits per heavy atom. The molecule has 0 aliphatic heterocycles. The number of nitrogens with zero attached hydrogens (tertiary/aromatic N) is 1. The first kappa shape index (κ1) is 16.4. The third-order valence-corrected chi connectivity index (χ3v) is 4.29. The van der Waals surface area contributed by atoms with Crippen molar-refractivity contribution in [3.8, 4) is 0 Å². The first-order chi connectivity index (χ1) is 10.4. The summed E-state index contributed by atoms with van der Waals surface area (Å²) in [5.74, 6) is -0.673. The van der Waals surface area contributed by atoms with Crippen molar-refractivity contribution >= 4 is 34.5 Å². The summed E-state index contributed by atoms with van der Waals surface area (Å²) in [5.41, 5.74) is 2.54. The van der Waals surface area contributed by atoms with Gasteiger partial charge in [-0.3, -0.25) is 4.79 Å². The van der Waals surface area contributed by atoms with Crippen LogP contribution in [-0.2, 0) is 11.8 Å². The normalized spacial score (nSPS) is 12.3. The van der Waals surface area contributed by atoms with E-state index in [2.05, 4.69) is 5.32 Å². The minimum Gasteiger partial charge on any atom is -0.480 e. The first-order valence-corrected chi connectivity index (χ1v) is 8.42. The van der Waals surface area contributed by atoms with Gasteiger partial charge < -0.3 is 15.0 Å². The fourth-order valence-electron chi connectivity index (χ4n) is 2.41. The van der Waals surface area contributed by atoms with E-state index in [0.717, 1.165) is 16.5 Å². The van der Waals surface area contributed by atoms with E-state index in [1.165, 1.54) is 0 Å². The molecule has 0 radical (unpaired) electrons. The molecule has 2 N–H and O–H groups in total. The van der Waals surface area contributed by atoms with E-state index in [4.69, 9.17) is 0 Å². The molecule has 1 aromatic carbocycles. The summed E-state index contributed by atoms with van der Waals surface area (Å²) in [6.45, 7) is 2.00. The molecule has 5 nitrogen and oxygen atoms in total. The van der Waals surface area contributed by atoms with Gasteiger partial charge in [-0.2, -0.15) is 11.8 Å². The third-order valence-electron chi connectivity index (χ3n) is 3.64. The zero-order valence-electron chi connectivity index (χ0n) is 12.9. The van der Waals surface area contributed by atoms with E-state index >= 15 is 0 Å².